The first-order valence-corrected chi connectivity index (χ1v) is 10.0. The normalized spacial score (nSPS) is 16.7. The van der Waals surface area contributed by atoms with E-state index in [1.807, 2.05) is 30.9 Å². The Bertz CT molecular complexity index is 868. The maximum Gasteiger partial charge on any atom is 0.253 e. The molecule has 0 saturated carbocycles. The van der Waals surface area contributed by atoms with Crippen molar-refractivity contribution in [1.82, 2.24) is 10.2 Å². The fourth-order valence-electron chi connectivity index (χ4n) is 3.97. The lowest BCUT2D eigenvalue weighted by molar-refractivity contribution is -0.126. The summed E-state index contributed by atoms with van der Waals surface area (Å²) in [7, 11) is 0. The summed E-state index contributed by atoms with van der Waals surface area (Å²) in [5, 5.41) is 3.08. The highest BCUT2D eigenvalue weighted by Gasteiger charge is 2.29. The molecule has 3 rings (SSSR count). The Morgan fingerprint density at radius 1 is 1.00 bits per heavy atom. The second kappa shape index (κ2) is 8.59. The molecular formula is C24H30N2O2. The van der Waals surface area contributed by atoms with Crippen LogP contribution >= 0.6 is 0 Å². The Morgan fingerprint density at radius 2 is 1.71 bits per heavy atom. The summed E-state index contributed by atoms with van der Waals surface area (Å²) >= 11 is 0. The van der Waals surface area contributed by atoms with Crippen molar-refractivity contribution >= 4 is 11.8 Å². The zero-order chi connectivity index (χ0) is 20.3. The summed E-state index contributed by atoms with van der Waals surface area (Å²) in [5.74, 6) is -0.0774. The van der Waals surface area contributed by atoms with Crippen LogP contribution in [0.4, 0.5) is 0 Å². The quantitative estimate of drug-likeness (QED) is 0.871. The Balaban J connectivity index is 1.63. The molecule has 0 aromatic heterocycles. The molecule has 1 aliphatic rings. The van der Waals surface area contributed by atoms with Crippen LogP contribution in [-0.4, -0.2) is 29.8 Å². The van der Waals surface area contributed by atoms with Gasteiger partial charge in [0.1, 0.15) is 0 Å². The molecule has 0 unspecified atom stereocenters. The van der Waals surface area contributed by atoms with Gasteiger partial charge in [-0.3, -0.25) is 9.59 Å². The molecule has 0 bridgehead atoms. The van der Waals surface area contributed by atoms with Crippen molar-refractivity contribution in [3.05, 3.63) is 69.8 Å². The Morgan fingerprint density at radius 3 is 2.43 bits per heavy atom. The van der Waals surface area contributed by atoms with E-state index < -0.39 is 0 Å². The third kappa shape index (κ3) is 4.80. The highest BCUT2D eigenvalue weighted by atomic mass is 16.2. The van der Waals surface area contributed by atoms with Gasteiger partial charge in [-0.1, -0.05) is 41.0 Å². The van der Waals surface area contributed by atoms with Crippen LogP contribution in [0.5, 0.6) is 0 Å². The van der Waals surface area contributed by atoms with E-state index in [2.05, 4.69) is 43.4 Å². The van der Waals surface area contributed by atoms with Crippen LogP contribution in [0.3, 0.4) is 0 Å². The zero-order valence-electron chi connectivity index (χ0n) is 17.3. The lowest BCUT2D eigenvalue weighted by atomic mass is 9.95. The Hall–Kier alpha value is -2.62. The smallest absolute Gasteiger partial charge is 0.253 e. The minimum absolute atomic E-state index is 0.0267. The highest BCUT2D eigenvalue weighted by molar-refractivity contribution is 5.95. The van der Waals surface area contributed by atoms with Gasteiger partial charge in [-0.15, -0.1) is 0 Å². The van der Waals surface area contributed by atoms with Crippen LogP contribution in [0, 0.1) is 33.6 Å². The second-order valence-electron chi connectivity index (χ2n) is 8.11. The number of nitrogens with one attached hydrogen (secondary N) is 1. The lowest BCUT2D eigenvalue weighted by Gasteiger charge is -2.32. The third-order valence-corrected chi connectivity index (χ3v) is 5.51. The molecule has 2 aromatic carbocycles. The number of rotatable bonds is 4. The van der Waals surface area contributed by atoms with E-state index in [9.17, 15) is 9.59 Å². The molecule has 1 fully saturated rings. The van der Waals surface area contributed by atoms with Gasteiger partial charge < -0.3 is 10.2 Å². The van der Waals surface area contributed by atoms with Crippen LogP contribution in [-0.2, 0) is 11.3 Å². The van der Waals surface area contributed by atoms with Gasteiger partial charge in [-0.2, -0.15) is 0 Å². The monoisotopic (exact) mass is 378 g/mol. The van der Waals surface area contributed by atoms with Gasteiger partial charge in [0.15, 0.2) is 0 Å². The number of carbonyl (C=O) groups excluding carboxylic acids is 2. The zero-order valence-corrected chi connectivity index (χ0v) is 17.3. The van der Waals surface area contributed by atoms with E-state index in [4.69, 9.17) is 0 Å². The number of piperidine rings is 1. The second-order valence-corrected chi connectivity index (χ2v) is 8.11. The molecule has 2 amide bonds. The molecule has 148 valence electrons. The van der Waals surface area contributed by atoms with E-state index in [-0.39, 0.29) is 17.7 Å². The molecule has 4 heteroatoms. The average molecular weight is 379 g/mol. The van der Waals surface area contributed by atoms with E-state index in [0.717, 1.165) is 29.5 Å². The fraction of sp³-hybridized carbons (Fsp3) is 0.417. The Labute approximate surface area is 167 Å². The predicted octanol–water partition coefficient (Wildman–Crippen LogP) is 4.09. The summed E-state index contributed by atoms with van der Waals surface area (Å²) in [4.78, 5) is 27.5. The fourth-order valence-corrected chi connectivity index (χ4v) is 3.97. The molecule has 1 saturated heterocycles. The maximum atomic E-state index is 12.9. The van der Waals surface area contributed by atoms with Crippen LogP contribution in [0.2, 0.25) is 0 Å². The van der Waals surface area contributed by atoms with Crippen LogP contribution < -0.4 is 5.32 Å². The van der Waals surface area contributed by atoms with E-state index in [1.54, 1.807) is 0 Å². The molecule has 4 nitrogen and oxygen atoms in total. The first kappa shape index (κ1) is 20.1. The maximum absolute atomic E-state index is 12.9. The number of carbonyl (C=O) groups is 2. The molecule has 28 heavy (non-hydrogen) atoms. The van der Waals surface area contributed by atoms with Crippen molar-refractivity contribution in [3.8, 4) is 0 Å². The molecule has 1 atom stereocenters. The van der Waals surface area contributed by atoms with Crippen molar-refractivity contribution in [3.63, 3.8) is 0 Å². The van der Waals surface area contributed by atoms with E-state index in [0.29, 0.717) is 25.2 Å². The number of benzene rings is 2. The molecule has 0 radical (unpaired) electrons. The lowest BCUT2D eigenvalue weighted by Crippen LogP contribution is -2.45. The summed E-state index contributed by atoms with van der Waals surface area (Å²) < 4.78 is 0. The number of hydrogen-bond acceptors (Lipinski definition) is 2. The van der Waals surface area contributed by atoms with E-state index >= 15 is 0 Å². The van der Waals surface area contributed by atoms with Gasteiger partial charge in [0.25, 0.3) is 5.91 Å². The van der Waals surface area contributed by atoms with Gasteiger partial charge in [0.05, 0.1) is 5.92 Å². The standard InChI is InChI=1S/C24H30N2O2/c1-16-7-8-19(4)22(11-16)14-25-23(27)20-6-5-9-26(15-20)24(28)21-12-17(2)10-18(3)13-21/h7-8,10-13,20H,5-6,9,14-15H2,1-4H3,(H,25,27)/t20-/m1/s1. The SMILES string of the molecule is Cc1cc(C)cc(C(=O)N2CCC[C@@H](C(=O)NCc3cc(C)ccc3C)C2)c1. The van der Waals surface area contributed by atoms with Gasteiger partial charge in [-0.05, 0) is 63.8 Å². The molecule has 1 N–H and O–H groups in total. The highest BCUT2D eigenvalue weighted by Crippen LogP contribution is 2.20. The van der Waals surface area contributed by atoms with Gasteiger partial charge >= 0.3 is 0 Å². The largest absolute Gasteiger partial charge is 0.352 e. The predicted molar refractivity (Wildman–Crippen MR) is 112 cm³/mol. The van der Waals surface area contributed by atoms with Gasteiger partial charge in [0.2, 0.25) is 5.91 Å². The minimum Gasteiger partial charge on any atom is -0.352 e. The number of likely N-dealkylation sites (tertiary alicyclic amines) is 1. The summed E-state index contributed by atoms with van der Waals surface area (Å²) in [5.41, 5.74) is 6.41. The Kier molecular flexibility index (Phi) is 6.18. The van der Waals surface area contributed by atoms with E-state index in [1.165, 1.54) is 11.1 Å². The van der Waals surface area contributed by atoms with Crippen LogP contribution in [0.15, 0.2) is 36.4 Å². The van der Waals surface area contributed by atoms with Crippen LogP contribution in [0.1, 0.15) is 51.0 Å². The molecule has 0 spiro atoms. The van der Waals surface area contributed by atoms with Crippen LogP contribution in [0.25, 0.3) is 0 Å². The number of aryl methyl sites for hydroxylation is 4. The first-order valence-electron chi connectivity index (χ1n) is 10.0. The molecule has 0 aliphatic carbocycles. The summed E-state index contributed by atoms with van der Waals surface area (Å²) in [6.45, 7) is 9.87. The third-order valence-electron chi connectivity index (χ3n) is 5.51. The average Bonchev–Trinajstić information content (AvgIpc) is 2.67. The topological polar surface area (TPSA) is 49.4 Å². The first-order chi connectivity index (χ1) is 13.3. The minimum atomic E-state index is -0.145. The van der Waals surface area contributed by atoms with Crippen molar-refractivity contribution in [1.29, 1.82) is 0 Å². The van der Waals surface area contributed by atoms with Crippen molar-refractivity contribution < 1.29 is 9.59 Å². The number of amides is 2. The van der Waals surface area contributed by atoms with Crippen molar-refractivity contribution in [2.75, 3.05) is 13.1 Å². The van der Waals surface area contributed by atoms with Crippen molar-refractivity contribution in [2.45, 2.75) is 47.1 Å². The summed E-state index contributed by atoms with van der Waals surface area (Å²) in [6.07, 6.45) is 1.69. The number of hydrogen-bond donors (Lipinski definition) is 1. The van der Waals surface area contributed by atoms with Crippen molar-refractivity contribution in [2.24, 2.45) is 5.92 Å². The van der Waals surface area contributed by atoms with Gasteiger partial charge in [-0.25, -0.2) is 0 Å². The number of nitrogens with zero attached hydrogens (tertiary/aromatic N) is 1. The molecule has 1 heterocycles. The molecule has 1 aliphatic heterocycles. The van der Waals surface area contributed by atoms with Gasteiger partial charge in [0, 0.05) is 25.2 Å². The molecule has 2 aromatic rings. The summed E-state index contributed by atoms with van der Waals surface area (Å²) in [6, 6.07) is 12.2. The molecular weight excluding hydrogens is 348 g/mol.